The lowest BCUT2D eigenvalue weighted by Gasteiger charge is -2.27. The summed E-state index contributed by atoms with van der Waals surface area (Å²) in [6.07, 6.45) is 0.951. The standard InChI is InChI=1S/C15H22N2O2/c1-4-9-16-13(18)10-17-14-11-7-5-6-8-12(11)19-15(14,2)3/h5-8,14,17H,4,9-10H2,1-3H3,(H,16,18). The molecule has 0 aliphatic carbocycles. The lowest BCUT2D eigenvalue weighted by Crippen LogP contribution is -2.43. The van der Waals surface area contributed by atoms with Gasteiger partial charge in [0, 0.05) is 12.1 Å². The number of ether oxygens (including phenoxy) is 1. The fourth-order valence-corrected chi connectivity index (χ4v) is 2.41. The smallest absolute Gasteiger partial charge is 0.233 e. The summed E-state index contributed by atoms with van der Waals surface area (Å²) in [6.45, 7) is 7.15. The minimum Gasteiger partial charge on any atom is -0.486 e. The Bertz CT molecular complexity index is 457. The van der Waals surface area contributed by atoms with Gasteiger partial charge in [0.1, 0.15) is 11.4 Å². The second-order valence-corrected chi connectivity index (χ2v) is 5.41. The average Bonchev–Trinajstić information content (AvgIpc) is 2.63. The summed E-state index contributed by atoms with van der Waals surface area (Å²) in [6, 6.07) is 8.01. The van der Waals surface area contributed by atoms with Crippen LogP contribution in [0.15, 0.2) is 24.3 Å². The molecule has 4 heteroatoms. The van der Waals surface area contributed by atoms with Gasteiger partial charge < -0.3 is 10.1 Å². The molecule has 4 nitrogen and oxygen atoms in total. The molecule has 0 fully saturated rings. The third kappa shape index (κ3) is 3.07. The Kier molecular flexibility index (Phi) is 4.10. The summed E-state index contributed by atoms with van der Waals surface area (Å²) in [7, 11) is 0. The van der Waals surface area contributed by atoms with E-state index in [0.717, 1.165) is 24.3 Å². The van der Waals surface area contributed by atoms with E-state index in [1.807, 2.05) is 45.0 Å². The Morgan fingerprint density at radius 2 is 2.11 bits per heavy atom. The molecule has 0 spiro atoms. The van der Waals surface area contributed by atoms with Crippen LogP contribution in [0.4, 0.5) is 0 Å². The van der Waals surface area contributed by atoms with Crippen molar-refractivity contribution in [2.75, 3.05) is 13.1 Å². The fraction of sp³-hybridized carbons (Fsp3) is 0.533. The molecule has 2 rings (SSSR count). The van der Waals surface area contributed by atoms with Crippen molar-refractivity contribution in [3.63, 3.8) is 0 Å². The summed E-state index contributed by atoms with van der Waals surface area (Å²) in [5, 5.41) is 6.17. The van der Waals surface area contributed by atoms with Crippen molar-refractivity contribution in [1.82, 2.24) is 10.6 Å². The normalized spacial score (nSPS) is 19.6. The molecule has 1 aliphatic rings. The van der Waals surface area contributed by atoms with Crippen molar-refractivity contribution in [3.8, 4) is 5.75 Å². The quantitative estimate of drug-likeness (QED) is 0.853. The van der Waals surface area contributed by atoms with Crippen molar-refractivity contribution in [1.29, 1.82) is 0 Å². The molecule has 0 radical (unpaired) electrons. The van der Waals surface area contributed by atoms with Crippen LogP contribution >= 0.6 is 0 Å². The van der Waals surface area contributed by atoms with Crippen molar-refractivity contribution in [2.24, 2.45) is 0 Å². The SMILES string of the molecule is CCCNC(=O)CNC1c2ccccc2OC1(C)C. The van der Waals surface area contributed by atoms with E-state index in [0.29, 0.717) is 6.54 Å². The molecule has 1 aliphatic heterocycles. The first kappa shape index (κ1) is 13.9. The van der Waals surface area contributed by atoms with Gasteiger partial charge in [0.15, 0.2) is 0 Å². The highest BCUT2D eigenvalue weighted by Gasteiger charge is 2.40. The molecule has 1 amide bonds. The van der Waals surface area contributed by atoms with Crippen LogP contribution in [-0.4, -0.2) is 24.6 Å². The number of carbonyl (C=O) groups excluding carboxylic acids is 1. The summed E-state index contributed by atoms with van der Waals surface area (Å²) in [4.78, 5) is 11.7. The summed E-state index contributed by atoms with van der Waals surface area (Å²) in [5.74, 6) is 0.931. The zero-order valence-corrected chi connectivity index (χ0v) is 11.8. The van der Waals surface area contributed by atoms with E-state index in [4.69, 9.17) is 4.74 Å². The van der Waals surface area contributed by atoms with E-state index in [1.165, 1.54) is 0 Å². The molecule has 1 atom stereocenters. The second-order valence-electron chi connectivity index (χ2n) is 5.41. The highest BCUT2D eigenvalue weighted by molar-refractivity contribution is 5.78. The molecule has 0 aromatic heterocycles. The lowest BCUT2D eigenvalue weighted by atomic mass is 9.94. The van der Waals surface area contributed by atoms with Crippen LogP contribution < -0.4 is 15.4 Å². The van der Waals surface area contributed by atoms with Crippen LogP contribution in [0.25, 0.3) is 0 Å². The van der Waals surface area contributed by atoms with Gasteiger partial charge in [-0.15, -0.1) is 0 Å². The number of fused-ring (bicyclic) bond motifs is 1. The molecule has 0 bridgehead atoms. The Hall–Kier alpha value is -1.55. The molecule has 104 valence electrons. The number of para-hydroxylation sites is 1. The van der Waals surface area contributed by atoms with Gasteiger partial charge in [-0.05, 0) is 26.3 Å². The van der Waals surface area contributed by atoms with E-state index in [1.54, 1.807) is 0 Å². The van der Waals surface area contributed by atoms with Gasteiger partial charge >= 0.3 is 0 Å². The third-order valence-corrected chi connectivity index (χ3v) is 3.34. The van der Waals surface area contributed by atoms with Crippen molar-refractivity contribution in [3.05, 3.63) is 29.8 Å². The van der Waals surface area contributed by atoms with Gasteiger partial charge in [0.05, 0.1) is 12.6 Å². The van der Waals surface area contributed by atoms with E-state index in [9.17, 15) is 4.79 Å². The molecule has 2 N–H and O–H groups in total. The largest absolute Gasteiger partial charge is 0.486 e. The van der Waals surface area contributed by atoms with Gasteiger partial charge in [0.25, 0.3) is 0 Å². The number of hydrogen-bond acceptors (Lipinski definition) is 3. The van der Waals surface area contributed by atoms with Crippen LogP contribution in [0.3, 0.4) is 0 Å². The van der Waals surface area contributed by atoms with Crippen molar-refractivity contribution >= 4 is 5.91 Å². The zero-order chi connectivity index (χ0) is 13.9. The number of rotatable bonds is 5. The minimum atomic E-state index is -0.339. The molecular formula is C15H22N2O2. The monoisotopic (exact) mass is 262 g/mol. The maximum Gasteiger partial charge on any atom is 0.233 e. The lowest BCUT2D eigenvalue weighted by molar-refractivity contribution is -0.120. The Morgan fingerprint density at radius 1 is 1.37 bits per heavy atom. The van der Waals surface area contributed by atoms with Gasteiger partial charge in [-0.3, -0.25) is 10.1 Å². The fourth-order valence-electron chi connectivity index (χ4n) is 2.41. The molecule has 1 aromatic carbocycles. The number of hydrogen-bond donors (Lipinski definition) is 2. The molecular weight excluding hydrogens is 240 g/mol. The van der Waals surface area contributed by atoms with Gasteiger partial charge in [0.2, 0.25) is 5.91 Å². The van der Waals surface area contributed by atoms with Crippen LogP contribution in [0.1, 0.15) is 38.8 Å². The van der Waals surface area contributed by atoms with Crippen LogP contribution in [-0.2, 0) is 4.79 Å². The Labute approximate surface area is 114 Å². The highest BCUT2D eigenvalue weighted by atomic mass is 16.5. The Balaban J connectivity index is 2.01. The number of carbonyl (C=O) groups is 1. The summed E-state index contributed by atoms with van der Waals surface area (Å²) < 4.78 is 5.93. The van der Waals surface area contributed by atoms with E-state index < -0.39 is 0 Å². The van der Waals surface area contributed by atoms with E-state index in [2.05, 4.69) is 10.6 Å². The predicted molar refractivity (Wildman–Crippen MR) is 75.2 cm³/mol. The molecule has 1 aromatic rings. The van der Waals surface area contributed by atoms with E-state index in [-0.39, 0.29) is 17.6 Å². The molecule has 0 saturated carbocycles. The number of amides is 1. The van der Waals surface area contributed by atoms with Gasteiger partial charge in [-0.1, -0.05) is 25.1 Å². The first-order chi connectivity index (χ1) is 9.04. The highest BCUT2D eigenvalue weighted by Crippen LogP contribution is 2.42. The first-order valence-corrected chi connectivity index (χ1v) is 6.82. The topological polar surface area (TPSA) is 50.4 Å². The van der Waals surface area contributed by atoms with Crippen LogP contribution in [0, 0.1) is 0 Å². The van der Waals surface area contributed by atoms with E-state index >= 15 is 0 Å². The summed E-state index contributed by atoms with van der Waals surface area (Å²) in [5.41, 5.74) is 0.783. The number of nitrogens with one attached hydrogen (secondary N) is 2. The average molecular weight is 262 g/mol. The van der Waals surface area contributed by atoms with Crippen molar-refractivity contribution in [2.45, 2.75) is 38.8 Å². The Morgan fingerprint density at radius 3 is 2.84 bits per heavy atom. The zero-order valence-electron chi connectivity index (χ0n) is 11.8. The molecule has 1 heterocycles. The second kappa shape index (κ2) is 5.61. The minimum absolute atomic E-state index is 0.0297. The molecule has 19 heavy (non-hydrogen) atoms. The van der Waals surface area contributed by atoms with Gasteiger partial charge in [-0.2, -0.15) is 0 Å². The van der Waals surface area contributed by atoms with Crippen molar-refractivity contribution < 1.29 is 9.53 Å². The van der Waals surface area contributed by atoms with Crippen LogP contribution in [0.5, 0.6) is 5.75 Å². The maximum atomic E-state index is 11.7. The predicted octanol–water partition coefficient (Wildman–Crippen LogP) is 2.01. The molecule has 1 unspecified atom stereocenters. The number of benzene rings is 1. The molecule has 0 saturated heterocycles. The maximum absolute atomic E-state index is 11.7. The third-order valence-electron chi connectivity index (χ3n) is 3.34. The summed E-state index contributed by atoms with van der Waals surface area (Å²) >= 11 is 0. The van der Waals surface area contributed by atoms with Gasteiger partial charge in [-0.25, -0.2) is 0 Å². The first-order valence-electron chi connectivity index (χ1n) is 6.82. The van der Waals surface area contributed by atoms with Crippen LogP contribution in [0.2, 0.25) is 0 Å².